The predicted molar refractivity (Wildman–Crippen MR) is 82.3 cm³/mol. The lowest BCUT2D eigenvalue weighted by molar-refractivity contribution is 0.168. The Morgan fingerprint density at radius 3 is 2.42 bits per heavy atom. The van der Waals surface area contributed by atoms with Crippen LogP contribution >= 0.6 is 0 Å². The van der Waals surface area contributed by atoms with E-state index in [1.165, 1.54) is 24.8 Å². The molecule has 106 valence electrons. The fraction of sp³-hybridized carbons (Fsp3) is 0.647. The first-order chi connectivity index (χ1) is 9.27. The van der Waals surface area contributed by atoms with Crippen molar-refractivity contribution in [2.45, 2.75) is 58.2 Å². The molecule has 1 aromatic carbocycles. The van der Waals surface area contributed by atoms with Crippen LogP contribution in [0.25, 0.3) is 0 Å². The lowest BCUT2D eigenvalue weighted by Gasteiger charge is -2.35. The second-order valence-electron chi connectivity index (χ2n) is 5.64. The molecule has 1 saturated carbocycles. The van der Waals surface area contributed by atoms with Crippen molar-refractivity contribution in [1.29, 1.82) is 0 Å². The lowest BCUT2D eigenvalue weighted by atomic mass is 9.98. The SMILES string of the molecule is CCCNC(c1ccccc1)C(C)N(CC)C1CC1. The van der Waals surface area contributed by atoms with Gasteiger partial charge in [0.2, 0.25) is 0 Å². The quantitative estimate of drug-likeness (QED) is 0.768. The maximum absolute atomic E-state index is 3.74. The van der Waals surface area contributed by atoms with Gasteiger partial charge in [-0.2, -0.15) is 0 Å². The van der Waals surface area contributed by atoms with Crippen molar-refractivity contribution < 1.29 is 0 Å². The Morgan fingerprint density at radius 1 is 1.21 bits per heavy atom. The Hall–Kier alpha value is -0.860. The first-order valence-corrected chi connectivity index (χ1v) is 7.82. The molecule has 0 spiro atoms. The summed E-state index contributed by atoms with van der Waals surface area (Å²) in [7, 11) is 0. The van der Waals surface area contributed by atoms with Crippen LogP contribution in [0.3, 0.4) is 0 Å². The molecule has 1 aliphatic rings. The standard InChI is InChI=1S/C17H28N2/c1-4-13-18-17(15-9-7-6-8-10-15)14(3)19(5-2)16-11-12-16/h6-10,14,16-18H,4-5,11-13H2,1-3H3. The van der Waals surface area contributed by atoms with Crippen LogP contribution in [-0.2, 0) is 0 Å². The van der Waals surface area contributed by atoms with Crippen LogP contribution in [0, 0.1) is 0 Å². The van der Waals surface area contributed by atoms with Crippen LogP contribution in [0.1, 0.15) is 51.6 Å². The number of rotatable bonds is 8. The zero-order chi connectivity index (χ0) is 13.7. The molecule has 0 aliphatic heterocycles. The van der Waals surface area contributed by atoms with Crippen LogP contribution < -0.4 is 5.32 Å². The van der Waals surface area contributed by atoms with Gasteiger partial charge in [0.05, 0.1) is 0 Å². The molecule has 1 fully saturated rings. The predicted octanol–water partition coefficient (Wildman–Crippen LogP) is 3.60. The number of likely N-dealkylation sites (N-methyl/N-ethyl adjacent to an activating group) is 1. The third-order valence-electron chi connectivity index (χ3n) is 4.16. The van der Waals surface area contributed by atoms with Gasteiger partial charge in [0.25, 0.3) is 0 Å². The molecule has 1 aromatic rings. The maximum Gasteiger partial charge on any atom is 0.0475 e. The van der Waals surface area contributed by atoms with Gasteiger partial charge in [-0.05, 0) is 44.8 Å². The van der Waals surface area contributed by atoms with E-state index in [4.69, 9.17) is 0 Å². The van der Waals surface area contributed by atoms with Gasteiger partial charge in [-0.15, -0.1) is 0 Å². The average molecular weight is 260 g/mol. The average Bonchev–Trinajstić information content (AvgIpc) is 3.26. The zero-order valence-electron chi connectivity index (χ0n) is 12.6. The molecule has 1 aliphatic carbocycles. The minimum Gasteiger partial charge on any atom is -0.309 e. The molecule has 19 heavy (non-hydrogen) atoms. The summed E-state index contributed by atoms with van der Waals surface area (Å²) in [6, 6.07) is 12.7. The van der Waals surface area contributed by atoms with E-state index in [1.807, 2.05) is 0 Å². The molecular weight excluding hydrogens is 232 g/mol. The van der Waals surface area contributed by atoms with Gasteiger partial charge >= 0.3 is 0 Å². The highest BCUT2D eigenvalue weighted by atomic mass is 15.2. The summed E-state index contributed by atoms with van der Waals surface area (Å²) < 4.78 is 0. The van der Waals surface area contributed by atoms with E-state index in [0.717, 1.165) is 19.1 Å². The normalized spacial score (nSPS) is 18.5. The van der Waals surface area contributed by atoms with Crippen molar-refractivity contribution in [3.63, 3.8) is 0 Å². The van der Waals surface area contributed by atoms with Crippen molar-refractivity contribution in [3.8, 4) is 0 Å². The summed E-state index contributed by atoms with van der Waals surface area (Å²) in [5, 5.41) is 3.74. The highest BCUT2D eigenvalue weighted by Crippen LogP contribution is 2.32. The van der Waals surface area contributed by atoms with Crippen LogP contribution in [0.15, 0.2) is 30.3 Å². The molecule has 2 rings (SSSR count). The number of nitrogens with zero attached hydrogens (tertiary/aromatic N) is 1. The smallest absolute Gasteiger partial charge is 0.0475 e. The highest BCUT2D eigenvalue weighted by Gasteiger charge is 2.34. The van der Waals surface area contributed by atoms with E-state index in [9.17, 15) is 0 Å². The van der Waals surface area contributed by atoms with Crippen LogP contribution in [0.4, 0.5) is 0 Å². The summed E-state index contributed by atoms with van der Waals surface area (Å²) in [5.74, 6) is 0. The van der Waals surface area contributed by atoms with E-state index >= 15 is 0 Å². The number of hydrogen-bond donors (Lipinski definition) is 1. The first kappa shape index (κ1) is 14.5. The molecule has 0 heterocycles. The second-order valence-corrected chi connectivity index (χ2v) is 5.64. The number of benzene rings is 1. The monoisotopic (exact) mass is 260 g/mol. The Bertz CT molecular complexity index is 359. The molecule has 0 aromatic heterocycles. The third-order valence-corrected chi connectivity index (χ3v) is 4.16. The molecule has 0 amide bonds. The first-order valence-electron chi connectivity index (χ1n) is 7.82. The van der Waals surface area contributed by atoms with Gasteiger partial charge in [-0.3, -0.25) is 4.90 Å². The molecule has 0 bridgehead atoms. The number of hydrogen-bond acceptors (Lipinski definition) is 2. The molecule has 2 atom stereocenters. The summed E-state index contributed by atoms with van der Waals surface area (Å²) in [5.41, 5.74) is 1.42. The Kier molecular flexibility index (Phi) is 5.41. The molecule has 0 saturated heterocycles. The zero-order valence-corrected chi connectivity index (χ0v) is 12.6. The molecule has 2 unspecified atom stereocenters. The summed E-state index contributed by atoms with van der Waals surface area (Å²) >= 11 is 0. The maximum atomic E-state index is 3.74. The van der Waals surface area contributed by atoms with Crippen molar-refractivity contribution in [2.75, 3.05) is 13.1 Å². The van der Waals surface area contributed by atoms with Crippen molar-refractivity contribution >= 4 is 0 Å². The summed E-state index contributed by atoms with van der Waals surface area (Å²) in [6.07, 6.45) is 3.95. The van der Waals surface area contributed by atoms with E-state index in [1.54, 1.807) is 0 Å². The van der Waals surface area contributed by atoms with Crippen LogP contribution in [-0.4, -0.2) is 30.1 Å². The molecular formula is C17H28N2. The Labute approximate surface area is 118 Å². The molecule has 2 heteroatoms. The molecule has 2 nitrogen and oxygen atoms in total. The minimum atomic E-state index is 0.446. The highest BCUT2D eigenvalue weighted by molar-refractivity contribution is 5.20. The fourth-order valence-electron chi connectivity index (χ4n) is 3.00. The Morgan fingerprint density at radius 2 is 1.89 bits per heavy atom. The largest absolute Gasteiger partial charge is 0.309 e. The van der Waals surface area contributed by atoms with E-state index < -0.39 is 0 Å². The van der Waals surface area contributed by atoms with Crippen molar-refractivity contribution in [3.05, 3.63) is 35.9 Å². The minimum absolute atomic E-state index is 0.446. The Balaban J connectivity index is 2.11. The van der Waals surface area contributed by atoms with Crippen molar-refractivity contribution in [2.24, 2.45) is 0 Å². The van der Waals surface area contributed by atoms with Gasteiger partial charge in [0, 0.05) is 18.1 Å². The van der Waals surface area contributed by atoms with E-state index in [2.05, 4.69) is 61.3 Å². The fourth-order valence-corrected chi connectivity index (χ4v) is 3.00. The summed E-state index contributed by atoms with van der Waals surface area (Å²) in [4.78, 5) is 2.67. The van der Waals surface area contributed by atoms with E-state index in [-0.39, 0.29) is 0 Å². The molecule has 1 N–H and O–H groups in total. The molecule has 0 radical (unpaired) electrons. The summed E-state index contributed by atoms with van der Waals surface area (Å²) in [6.45, 7) is 9.14. The second kappa shape index (κ2) is 7.06. The van der Waals surface area contributed by atoms with Crippen LogP contribution in [0.5, 0.6) is 0 Å². The lowest BCUT2D eigenvalue weighted by Crippen LogP contribution is -2.44. The van der Waals surface area contributed by atoms with Gasteiger partial charge in [-0.1, -0.05) is 44.2 Å². The number of nitrogens with one attached hydrogen (secondary N) is 1. The van der Waals surface area contributed by atoms with Gasteiger partial charge in [0.1, 0.15) is 0 Å². The van der Waals surface area contributed by atoms with Crippen molar-refractivity contribution in [1.82, 2.24) is 10.2 Å². The van der Waals surface area contributed by atoms with Gasteiger partial charge in [-0.25, -0.2) is 0 Å². The van der Waals surface area contributed by atoms with Gasteiger partial charge < -0.3 is 5.32 Å². The van der Waals surface area contributed by atoms with E-state index in [0.29, 0.717) is 12.1 Å². The van der Waals surface area contributed by atoms with Gasteiger partial charge in [0.15, 0.2) is 0 Å². The van der Waals surface area contributed by atoms with Crippen LogP contribution in [0.2, 0.25) is 0 Å². The third kappa shape index (κ3) is 3.80. The topological polar surface area (TPSA) is 15.3 Å².